The standard InChI is InChI=1S/C12H19N3OS/c1-12(4-2-5-13-8-12)11(16)14-6-3-10-7-17-9-15-10/h7,9,13H,2-6,8H2,1H3,(H,14,16). The Bertz CT molecular complexity index is 358. The first-order valence-corrected chi connectivity index (χ1v) is 7.01. The van der Waals surface area contributed by atoms with Crippen molar-refractivity contribution in [3.8, 4) is 0 Å². The van der Waals surface area contributed by atoms with E-state index in [9.17, 15) is 4.79 Å². The lowest BCUT2D eigenvalue weighted by atomic mass is 9.82. The van der Waals surface area contributed by atoms with Crippen LogP contribution >= 0.6 is 11.3 Å². The first-order chi connectivity index (χ1) is 8.21. The summed E-state index contributed by atoms with van der Waals surface area (Å²) in [5.74, 6) is 0.167. The fraction of sp³-hybridized carbons (Fsp3) is 0.667. The zero-order valence-electron chi connectivity index (χ0n) is 10.2. The number of thiazole rings is 1. The van der Waals surface area contributed by atoms with Crippen LogP contribution in [0.3, 0.4) is 0 Å². The molecule has 17 heavy (non-hydrogen) atoms. The lowest BCUT2D eigenvalue weighted by Crippen LogP contribution is -2.49. The third-order valence-corrected chi connectivity index (χ3v) is 3.93. The number of nitrogens with zero attached hydrogens (tertiary/aromatic N) is 1. The fourth-order valence-corrected chi connectivity index (χ4v) is 2.72. The van der Waals surface area contributed by atoms with Crippen molar-refractivity contribution >= 4 is 17.2 Å². The Hall–Kier alpha value is -0.940. The summed E-state index contributed by atoms with van der Waals surface area (Å²) in [5.41, 5.74) is 2.64. The molecule has 2 N–H and O–H groups in total. The SMILES string of the molecule is CC1(C(=O)NCCc2cscn2)CCCNC1. The summed E-state index contributed by atoms with van der Waals surface area (Å²) in [5, 5.41) is 8.33. The van der Waals surface area contributed by atoms with Gasteiger partial charge in [-0.05, 0) is 26.3 Å². The Labute approximate surface area is 106 Å². The molecule has 1 aliphatic heterocycles. The molecule has 0 spiro atoms. The molecule has 1 fully saturated rings. The van der Waals surface area contributed by atoms with Crippen LogP contribution in [0.1, 0.15) is 25.5 Å². The molecule has 0 saturated carbocycles. The summed E-state index contributed by atoms with van der Waals surface area (Å²) in [6.45, 7) is 4.53. The third-order valence-electron chi connectivity index (χ3n) is 3.30. The Morgan fingerprint density at radius 3 is 3.24 bits per heavy atom. The molecule has 0 bridgehead atoms. The van der Waals surface area contributed by atoms with Crippen molar-refractivity contribution in [1.82, 2.24) is 15.6 Å². The summed E-state index contributed by atoms with van der Waals surface area (Å²) >= 11 is 1.59. The van der Waals surface area contributed by atoms with Gasteiger partial charge in [0.2, 0.25) is 5.91 Å². The van der Waals surface area contributed by atoms with Crippen molar-refractivity contribution in [2.45, 2.75) is 26.2 Å². The van der Waals surface area contributed by atoms with Crippen molar-refractivity contribution in [3.05, 3.63) is 16.6 Å². The summed E-state index contributed by atoms with van der Waals surface area (Å²) in [6, 6.07) is 0. The smallest absolute Gasteiger partial charge is 0.227 e. The van der Waals surface area contributed by atoms with Crippen molar-refractivity contribution < 1.29 is 4.79 Å². The molecule has 2 heterocycles. The number of hydrogen-bond acceptors (Lipinski definition) is 4. The second-order valence-electron chi connectivity index (χ2n) is 4.83. The number of nitrogens with one attached hydrogen (secondary N) is 2. The molecule has 1 atom stereocenters. The normalized spacial score (nSPS) is 24.5. The first kappa shape index (κ1) is 12.5. The largest absolute Gasteiger partial charge is 0.355 e. The fourth-order valence-electron chi connectivity index (χ4n) is 2.13. The lowest BCUT2D eigenvalue weighted by Gasteiger charge is -2.32. The van der Waals surface area contributed by atoms with Crippen LogP contribution in [-0.4, -0.2) is 30.5 Å². The molecule has 1 aromatic heterocycles. The molecular weight excluding hydrogens is 234 g/mol. The molecule has 0 aliphatic carbocycles. The summed E-state index contributed by atoms with van der Waals surface area (Å²) in [6.07, 6.45) is 2.87. The van der Waals surface area contributed by atoms with Gasteiger partial charge in [0.1, 0.15) is 0 Å². The van der Waals surface area contributed by atoms with Crippen LogP contribution in [0.5, 0.6) is 0 Å². The van der Waals surface area contributed by atoms with E-state index in [2.05, 4.69) is 15.6 Å². The Balaban J connectivity index is 1.76. The summed E-state index contributed by atoms with van der Waals surface area (Å²) in [7, 11) is 0. The molecule has 94 valence electrons. The molecule has 4 nitrogen and oxygen atoms in total. The number of carbonyl (C=O) groups excluding carboxylic acids is 1. The topological polar surface area (TPSA) is 54.0 Å². The average molecular weight is 253 g/mol. The number of carbonyl (C=O) groups is 1. The molecule has 1 aliphatic rings. The third kappa shape index (κ3) is 3.26. The van der Waals surface area contributed by atoms with Gasteiger partial charge in [0.25, 0.3) is 0 Å². The molecule has 0 aromatic carbocycles. The Kier molecular flexibility index (Phi) is 4.12. The highest BCUT2D eigenvalue weighted by molar-refractivity contribution is 7.07. The summed E-state index contributed by atoms with van der Waals surface area (Å²) in [4.78, 5) is 16.3. The quantitative estimate of drug-likeness (QED) is 0.847. The first-order valence-electron chi connectivity index (χ1n) is 6.07. The molecule has 1 amide bonds. The van der Waals surface area contributed by atoms with Gasteiger partial charge in [0.15, 0.2) is 0 Å². The zero-order valence-corrected chi connectivity index (χ0v) is 11.0. The predicted octanol–water partition coefficient (Wildman–Crippen LogP) is 1.19. The highest BCUT2D eigenvalue weighted by Gasteiger charge is 2.34. The van der Waals surface area contributed by atoms with Crippen LogP contribution in [0, 0.1) is 5.41 Å². The monoisotopic (exact) mass is 253 g/mol. The molecule has 1 unspecified atom stereocenters. The number of hydrogen-bond donors (Lipinski definition) is 2. The molecule has 0 radical (unpaired) electrons. The minimum atomic E-state index is -0.236. The number of aromatic nitrogens is 1. The van der Waals surface area contributed by atoms with Crippen molar-refractivity contribution in [1.29, 1.82) is 0 Å². The molecule has 2 rings (SSSR count). The Morgan fingerprint density at radius 1 is 1.71 bits per heavy atom. The van der Waals surface area contributed by atoms with E-state index in [4.69, 9.17) is 0 Å². The van der Waals surface area contributed by atoms with Gasteiger partial charge < -0.3 is 10.6 Å². The van der Waals surface area contributed by atoms with Gasteiger partial charge in [-0.15, -0.1) is 11.3 Å². The maximum Gasteiger partial charge on any atom is 0.227 e. The van der Waals surface area contributed by atoms with Crippen LogP contribution in [0.25, 0.3) is 0 Å². The number of amides is 1. The van der Waals surface area contributed by atoms with Crippen molar-refractivity contribution in [2.75, 3.05) is 19.6 Å². The van der Waals surface area contributed by atoms with Crippen molar-refractivity contribution in [3.63, 3.8) is 0 Å². The van der Waals surface area contributed by atoms with Gasteiger partial charge in [0, 0.05) is 24.9 Å². The van der Waals surface area contributed by atoms with Crippen molar-refractivity contribution in [2.24, 2.45) is 5.41 Å². The van der Waals surface area contributed by atoms with E-state index >= 15 is 0 Å². The van der Waals surface area contributed by atoms with E-state index in [0.29, 0.717) is 6.54 Å². The number of piperidine rings is 1. The minimum absolute atomic E-state index is 0.167. The van der Waals surface area contributed by atoms with Crippen LogP contribution in [0.2, 0.25) is 0 Å². The number of rotatable bonds is 4. The van der Waals surface area contributed by atoms with E-state index < -0.39 is 0 Å². The Morgan fingerprint density at radius 2 is 2.59 bits per heavy atom. The van der Waals surface area contributed by atoms with E-state index in [-0.39, 0.29) is 11.3 Å². The predicted molar refractivity (Wildman–Crippen MR) is 69.0 cm³/mol. The maximum atomic E-state index is 12.1. The van der Waals surface area contributed by atoms with E-state index in [1.54, 1.807) is 11.3 Å². The van der Waals surface area contributed by atoms with Gasteiger partial charge in [-0.2, -0.15) is 0 Å². The van der Waals surface area contributed by atoms with Crippen LogP contribution in [0.15, 0.2) is 10.9 Å². The molecule has 1 aromatic rings. The highest BCUT2D eigenvalue weighted by atomic mass is 32.1. The highest BCUT2D eigenvalue weighted by Crippen LogP contribution is 2.25. The molecule has 1 saturated heterocycles. The second kappa shape index (κ2) is 5.60. The zero-order chi connectivity index (χ0) is 12.1. The maximum absolute atomic E-state index is 12.1. The molecular formula is C12H19N3OS. The lowest BCUT2D eigenvalue weighted by molar-refractivity contribution is -0.131. The van der Waals surface area contributed by atoms with Crippen LogP contribution in [-0.2, 0) is 11.2 Å². The molecule has 5 heteroatoms. The van der Waals surface area contributed by atoms with Gasteiger partial charge >= 0.3 is 0 Å². The average Bonchev–Trinajstić information content (AvgIpc) is 2.83. The van der Waals surface area contributed by atoms with E-state index in [1.165, 1.54) is 0 Å². The minimum Gasteiger partial charge on any atom is -0.355 e. The van der Waals surface area contributed by atoms with Gasteiger partial charge in [-0.25, -0.2) is 4.98 Å². The van der Waals surface area contributed by atoms with Crippen LogP contribution in [0.4, 0.5) is 0 Å². The van der Waals surface area contributed by atoms with Gasteiger partial charge in [0.05, 0.1) is 16.6 Å². The van der Waals surface area contributed by atoms with E-state index in [0.717, 1.165) is 38.0 Å². The van der Waals surface area contributed by atoms with E-state index in [1.807, 2.05) is 17.8 Å². The second-order valence-corrected chi connectivity index (χ2v) is 5.55. The summed E-state index contributed by atoms with van der Waals surface area (Å²) < 4.78 is 0. The van der Waals surface area contributed by atoms with Crippen LogP contribution < -0.4 is 10.6 Å². The van der Waals surface area contributed by atoms with Gasteiger partial charge in [-0.1, -0.05) is 0 Å². The van der Waals surface area contributed by atoms with Gasteiger partial charge in [-0.3, -0.25) is 4.79 Å².